The van der Waals surface area contributed by atoms with Crippen molar-refractivity contribution < 1.29 is 42.2 Å². The summed E-state index contributed by atoms with van der Waals surface area (Å²) >= 11 is 6.19. The van der Waals surface area contributed by atoms with Gasteiger partial charge in [-0.15, -0.1) is 0 Å². The smallest absolute Gasteiger partial charge is 0.425 e. The van der Waals surface area contributed by atoms with Crippen LogP contribution >= 0.6 is 11.6 Å². The van der Waals surface area contributed by atoms with E-state index in [1.807, 2.05) is 6.92 Å². The first-order valence-electron chi connectivity index (χ1n) is 15.4. The number of anilines is 1. The zero-order chi connectivity index (χ0) is 35.7. The molecule has 0 radical (unpaired) electrons. The molecule has 4 rings (SSSR count). The monoisotopic (exact) mass is 703 g/mol. The van der Waals surface area contributed by atoms with Gasteiger partial charge in [-0.25, -0.2) is 4.79 Å². The van der Waals surface area contributed by atoms with E-state index in [-0.39, 0.29) is 30.1 Å². The third kappa shape index (κ3) is 9.86. The van der Waals surface area contributed by atoms with Gasteiger partial charge in [0.2, 0.25) is 12.5 Å². The van der Waals surface area contributed by atoms with Crippen LogP contribution in [0, 0.1) is 5.92 Å². The van der Waals surface area contributed by atoms with Gasteiger partial charge in [0.05, 0.1) is 25.6 Å². The van der Waals surface area contributed by atoms with Crippen molar-refractivity contribution in [2.75, 3.05) is 32.5 Å². The van der Waals surface area contributed by atoms with Crippen molar-refractivity contribution in [1.29, 1.82) is 0 Å². The maximum absolute atomic E-state index is 13.9. The summed E-state index contributed by atoms with van der Waals surface area (Å²) in [5.41, 5.74) is 8.02. The highest BCUT2D eigenvalue weighted by molar-refractivity contribution is 6.30. The van der Waals surface area contributed by atoms with Crippen LogP contribution in [-0.2, 0) is 16.1 Å². The number of nitrogens with two attached hydrogens (primary N) is 1. The van der Waals surface area contributed by atoms with E-state index in [1.165, 1.54) is 19.2 Å². The Morgan fingerprint density at radius 2 is 1.90 bits per heavy atom. The van der Waals surface area contributed by atoms with Gasteiger partial charge in [-0.1, -0.05) is 72.6 Å². The molecule has 0 aliphatic carbocycles. The number of imide groups is 1. The molecule has 15 heteroatoms. The number of amidine groups is 1. The predicted octanol–water partition coefficient (Wildman–Crippen LogP) is 5.58. The summed E-state index contributed by atoms with van der Waals surface area (Å²) in [6.07, 6.45) is -5.08. The fraction of sp³-hybridized carbons (Fsp3) is 0.353. The van der Waals surface area contributed by atoms with Crippen LogP contribution in [0.2, 0.25) is 5.02 Å². The number of hydrogen-bond acceptors (Lipinski definition) is 8. The number of ketones is 1. The lowest BCUT2D eigenvalue weighted by atomic mass is 9.94. The Labute approximate surface area is 286 Å². The Hall–Kier alpha value is -4.82. The van der Waals surface area contributed by atoms with Crippen molar-refractivity contribution in [2.45, 2.75) is 44.5 Å². The number of ether oxygens (including phenoxy) is 1. The van der Waals surface area contributed by atoms with Gasteiger partial charge in [-0.3, -0.25) is 14.5 Å². The topological polar surface area (TPSA) is 156 Å². The molecule has 5 N–H and O–H groups in total. The molecule has 0 bridgehead atoms. The van der Waals surface area contributed by atoms with E-state index >= 15 is 0 Å². The molecule has 1 fully saturated rings. The molecule has 49 heavy (non-hydrogen) atoms. The summed E-state index contributed by atoms with van der Waals surface area (Å²) in [6.45, 7) is -0.354. The van der Waals surface area contributed by atoms with Crippen LogP contribution in [0.5, 0.6) is 5.75 Å². The Bertz CT molecular complexity index is 1670. The first-order chi connectivity index (χ1) is 23.3. The van der Waals surface area contributed by atoms with Crippen molar-refractivity contribution in [3.63, 3.8) is 0 Å². The highest BCUT2D eigenvalue weighted by atomic mass is 35.5. The molecule has 3 atom stereocenters. The lowest BCUT2D eigenvalue weighted by Gasteiger charge is -2.26. The van der Waals surface area contributed by atoms with Crippen molar-refractivity contribution in [3.8, 4) is 5.75 Å². The number of Topliss-reactive ketones (excluding diaryl/α,β-unsaturated/α-hetero) is 1. The summed E-state index contributed by atoms with van der Waals surface area (Å²) < 4.78 is 43.7. The molecular formula is C34H37ClF3N5O6. The number of methoxy groups -OCH3 is 1. The van der Waals surface area contributed by atoms with Gasteiger partial charge in [-0.2, -0.15) is 13.2 Å². The van der Waals surface area contributed by atoms with Gasteiger partial charge in [0.1, 0.15) is 11.9 Å². The number of hydrogen-bond donors (Lipinski definition) is 4. The molecule has 1 aliphatic heterocycles. The third-order valence-electron chi connectivity index (χ3n) is 7.82. The maximum Gasteiger partial charge on any atom is 0.425 e. The second-order valence-corrected chi connectivity index (χ2v) is 11.8. The number of aliphatic hydroxyl groups excluding tert-OH is 1. The maximum atomic E-state index is 13.9. The highest BCUT2D eigenvalue weighted by Crippen LogP contribution is 2.30. The lowest BCUT2D eigenvalue weighted by Crippen LogP contribution is -2.48. The predicted molar refractivity (Wildman–Crippen MR) is 177 cm³/mol. The molecule has 1 aliphatic rings. The van der Waals surface area contributed by atoms with Crippen LogP contribution in [0.25, 0.3) is 0 Å². The number of alkyl halides is 3. The molecule has 11 nitrogen and oxygen atoms in total. The van der Waals surface area contributed by atoms with Crippen molar-refractivity contribution >= 4 is 40.8 Å². The SMILES string of the molecule is CCC[C@@H](NC(=O)N1CC(=NOCC(F)(F)F)NC[C@H](Cc2cc(Cl)ccc2OC)C1=O)c1ccc(C(O)C(=O)c2ccccc2)c(N)c1. The van der Waals surface area contributed by atoms with E-state index in [9.17, 15) is 32.7 Å². The van der Waals surface area contributed by atoms with Crippen LogP contribution in [0.1, 0.15) is 59.0 Å². The molecule has 1 heterocycles. The van der Waals surface area contributed by atoms with Crippen molar-refractivity contribution in [2.24, 2.45) is 11.1 Å². The summed E-state index contributed by atoms with van der Waals surface area (Å²) in [7, 11) is 1.46. The number of nitrogens with zero attached hydrogens (tertiary/aromatic N) is 2. The number of oxime groups is 1. The molecular weight excluding hydrogens is 667 g/mol. The van der Waals surface area contributed by atoms with Gasteiger partial charge in [0.15, 0.2) is 11.6 Å². The summed E-state index contributed by atoms with van der Waals surface area (Å²) in [5.74, 6) is -1.74. The van der Waals surface area contributed by atoms with Gasteiger partial charge in [-0.05, 0) is 48.2 Å². The quantitative estimate of drug-likeness (QED) is 0.108. The fourth-order valence-electron chi connectivity index (χ4n) is 5.38. The zero-order valence-electron chi connectivity index (χ0n) is 26.8. The Morgan fingerprint density at radius 1 is 1.16 bits per heavy atom. The Kier molecular flexibility index (Phi) is 12.5. The van der Waals surface area contributed by atoms with Gasteiger partial charge >= 0.3 is 12.2 Å². The number of halogens is 4. The van der Waals surface area contributed by atoms with Crippen LogP contribution in [0.15, 0.2) is 71.9 Å². The van der Waals surface area contributed by atoms with Crippen LogP contribution in [0.3, 0.4) is 0 Å². The minimum atomic E-state index is -4.65. The Balaban J connectivity index is 1.59. The summed E-state index contributed by atoms with van der Waals surface area (Å²) in [5, 5.41) is 20.4. The molecule has 0 aromatic heterocycles. The van der Waals surface area contributed by atoms with E-state index in [0.717, 1.165) is 4.90 Å². The number of amides is 3. The first-order valence-corrected chi connectivity index (χ1v) is 15.8. The number of nitrogen functional groups attached to an aromatic ring is 1. The van der Waals surface area contributed by atoms with E-state index in [2.05, 4.69) is 20.6 Å². The molecule has 262 valence electrons. The summed E-state index contributed by atoms with van der Waals surface area (Å²) in [4.78, 5) is 45.9. The zero-order valence-corrected chi connectivity index (χ0v) is 27.6. The number of carbonyl (C=O) groups excluding carboxylic acids is 3. The minimum Gasteiger partial charge on any atom is -0.496 e. The third-order valence-corrected chi connectivity index (χ3v) is 8.06. The second kappa shape index (κ2) is 16.5. The van der Waals surface area contributed by atoms with Gasteiger partial charge < -0.3 is 31.0 Å². The number of carbonyl (C=O) groups is 3. The first kappa shape index (κ1) is 37.0. The minimum absolute atomic E-state index is 0.0765. The van der Waals surface area contributed by atoms with Crippen molar-refractivity contribution in [3.05, 3.63) is 94.0 Å². The van der Waals surface area contributed by atoms with E-state index in [0.29, 0.717) is 40.3 Å². The molecule has 0 saturated carbocycles. The average Bonchev–Trinajstić information content (AvgIpc) is 3.22. The molecule has 1 saturated heterocycles. The lowest BCUT2D eigenvalue weighted by molar-refractivity contribution is -0.173. The van der Waals surface area contributed by atoms with Crippen LogP contribution < -0.4 is 21.1 Å². The normalized spacial score (nSPS) is 17.1. The average molecular weight is 704 g/mol. The molecule has 3 amide bonds. The highest BCUT2D eigenvalue weighted by Gasteiger charge is 2.36. The standard InChI is InChI=1S/C34H37ClF3N5O6/c1-3-7-27(21-10-12-25(26(39)16-21)31(45)30(44)20-8-5-4-6-9-20)41-33(47)43-18-29(42-49-19-34(36,37)38)40-17-23(32(43)46)14-22-15-24(35)11-13-28(22)48-2/h4-6,8-13,15-16,23,27,31,45H,3,7,14,17-19,39H2,1-2H3,(H,40,42)(H,41,47)/t23-,27+,31?/m0/s1. The number of nitrogens with one attached hydrogen (secondary N) is 2. The molecule has 1 unspecified atom stereocenters. The molecule has 0 spiro atoms. The largest absolute Gasteiger partial charge is 0.496 e. The van der Waals surface area contributed by atoms with Crippen LogP contribution in [0.4, 0.5) is 23.7 Å². The van der Waals surface area contributed by atoms with Gasteiger partial charge in [0.25, 0.3) is 0 Å². The van der Waals surface area contributed by atoms with Gasteiger partial charge in [0, 0.05) is 28.4 Å². The number of benzene rings is 3. The van der Waals surface area contributed by atoms with E-state index in [1.54, 1.807) is 54.6 Å². The fourth-order valence-corrected chi connectivity index (χ4v) is 5.57. The van der Waals surface area contributed by atoms with E-state index < -0.39 is 55.1 Å². The second-order valence-electron chi connectivity index (χ2n) is 11.4. The van der Waals surface area contributed by atoms with Crippen molar-refractivity contribution in [1.82, 2.24) is 15.5 Å². The number of urea groups is 1. The summed E-state index contributed by atoms with van der Waals surface area (Å²) in [6, 6.07) is 16.3. The Morgan fingerprint density at radius 3 is 2.55 bits per heavy atom. The number of aliphatic hydroxyl groups is 1. The number of rotatable bonds is 12. The molecule has 3 aromatic carbocycles. The van der Waals surface area contributed by atoms with Crippen LogP contribution in [-0.4, -0.2) is 66.5 Å². The molecule has 3 aromatic rings. The van der Waals surface area contributed by atoms with E-state index in [4.69, 9.17) is 22.1 Å².